The van der Waals surface area contributed by atoms with E-state index in [0.29, 0.717) is 12.2 Å². The van der Waals surface area contributed by atoms with Crippen molar-refractivity contribution >= 4 is 5.97 Å². The van der Waals surface area contributed by atoms with Crippen LogP contribution in [-0.2, 0) is 32.7 Å². The average molecular weight is 545 g/mol. The topological polar surface area (TPSA) is 44.8 Å². The summed E-state index contributed by atoms with van der Waals surface area (Å²) in [6.45, 7) is 8.74. The molecule has 3 aromatic carbocycles. The molecule has 0 bridgehead atoms. The number of methoxy groups -OCH3 is 2. The maximum Gasteiger partial charge on any atom is 0.309 e. The van der Waals surface area contributed by atoms with E-state index in [0.717, 1.165) is 60.1 Å². The van der Waals surface area contributed by atoms with Gasteiger partial charge in [0.05, 0.1) is 19.1 Å². The van der Waals surface area contributed by atoms with E-state index in [4.69, 9.17) is 14.2 Å². The molecule has 0 aliphatic heterocycles. The normalized spacial score (nSPS) is 20.9. The van der Waals surface area contributed by atoms with Gasteiger partial charge in [-0.25, -0.2) is 4.39 Å². The second-order valence-corrected chi connectivity index (χ2v) is 12.6. The number of halogens is 1. The maximum absolute atomic E-state index is 15.0. The lowest BCUT2D eigenvalue weighted by Crippen LogP contribution is -2.50. The minimum atomic E-state index is -0.246. The molecule has 0 amide bonds. The van der Waals surface area contributed by atoms with Crippen LogP contribution < -0.4 is 4.74 Å². The van der Waals surface area contributed by atoms with Gasteiger partial charge in [-0.2, -0.15) is 0 Å². The fourth-order valence-corrected chi connectivity index (χ4v) is 6.92. The summed E-state index contributed by atoms with van der Waals surface area (Å²) in [5.74, 6) is 0.371. The van der Waals surface area contributed by atoms with E-state index in [1.165, 1.54) is 24.3 Å². The summed E-state index contributed by atoms with van der Waals surface area (Å²) in [7, 11) is 3.19. The highest BCUT2D eigenvalue weighted by molar-refractivity contribution is 5.76. The first kappa shape index (κ1) is 28.4. The molecule has 40 heavy (non-hydrogen) atoms. The summed E-state index contributed by atoms with van der Waals surface area (Å²) in [4.78, 5) is 12.5. The van der Waals surface area contributed by atoms with Crippen LogP contribution in [0, 0.1) is 24.1 Å². The Morgan fingerprint density at radius 1 is 1.02 bits per heavy atom. The van der Waals surface area contributed by atoms with Crippen LogP contribution >= 0.6 is 0 Å². The second-order valence-electron chi connectivity index (χ2n) is 12.6. The van der Waals surface area contributed by atoms with Gasteiger partial charge >= 0.3 is 5.97 Å². The summed E-state index contributed by atoms with van der Waals surface area (Å²) in [5, 5.41) is 0. The largest absolute Gasteiger partial charge is 0.489 e. The van der Waals surface area contributed by atoms with Crippen molar-refractivity contribution in [1.82, 2.24) is 0 Å². The first-order valence-electron chi connectivity index (χ1n) is 14.3. The van der Waals surface area contributed by atoms with Gasteiger partial charge in [-0.15, -0.1) is 0 Å². The zero-order valence-corrected chi connectivity index (χ0v) is 24.6. The molecule has 5 heteroatoms. The van der Waals surface area contributed by atoms with Crippen molar-refractivity contribution in [2.24, 2.45) is 11.3 Å². The van der Waals surface area contributed by atoms with E-state index in [1.807, 2.05) is 31.2 Å². The molecule has 0 saturated heterocycles. The Balaban J connectivity index is 1.46. The molecule has 212 valence electrons. The summed E-state index contributed by atoms with van der Waals surface area (Å²) in [6.07, 6.45) is 4.77. The molecule has 5 rings (SSSR count). The molecule has 1 fully saturated rings. The van der Waals surface area contributed by atoms with Gasteiger partial charge in [-0.3, -0.25) is 4.79 Å². The highest BCUT2D eigenvalue weighted by atomic mass is 19.1. The smallest absolute Gasteiger partial charge is 0.309 e. The van der Waals surface area contributed by atoms with Gasteiger partial charge in [0.1, 0.15) is 18.2 Å². The average Bonchev–Trinajstić information content (AvgIpc) is 2.92. The first-order valence-corrected chi connectivity index (χ1v) is 14.3. The van der Waals surface area contributed by atoms with Crippen LogP contribution in [-0.4, -0.2) is 20.2 Å². The molecule has 0 N–H and O–H groups in total. The van der Waals surface area contributed by atoms with E-state index in [9.17, 15) is 4.79 Å². The van der Waals surface area contributed by atoms with Crippen LogP contribution in [0.1, 0.15) is 80.4 Å². The predicted molar refractivity (Wildman–Crippen MR) is 156 cm³/mol. The van der Waals surface area contributed by atoms with Crippen LogP contribution in [0.25, 0.3) is 11.1 Å². The van der Waals surface area contributed by atoms with Crippen molar-refractivity contribution in [1.29, 1.82) is 0 Å². The molecule has 1 saturated carbocycles. The van der Waals surface area contributed by atoms with Crippen LogP contribution in [0.3, 0.4) is 0 Å². The number of carbonyl (C=O) groups excluding carboxylic acids is 1. The third-order valence-electron chi connectivity index (χ3n) is 8.96. The Morgan fingerprint density at radius 2 is 1.82 bits per heavy atom. The van der Waals surface area contributed by atoms with Gasteiger partial charge in [0.25, 0.3) is 0 Å². The number of fused-ring (bicyclic) bond motifs is 2. The van der Waals surface area contributed by atoms with Gasteiger partial charge in [0.2, 0.25) is 0 Å². The van der Waals surface area contributed by atoms with Crippen molar-refractivity contribution in [2.45, 2.75) is 77.9 Å². The van der Waals surface area contributed by atoms with E-state index in [-0.39, 0.29) is 34.6 Å². The molecule has 0 aromatic heterocycles. The zero-order valence-electron chi connectivity index (χ0n) is 24.6. The number of ether oxygens (including phenoxy) is 3. The third-order valence-corrected chi connectivity index (χ3v) is 8.96. The lowest BCUT2D eigenvalue weighted by Gasteiger charge is -2.51. The Labute approximate surface area is 237 Å². The monoisotopic (exact) mass is 544 g/mol. The molecule has 3 atom stereocenters. The third kappa shape index (κ3) is 5.16. The highest BCUT2D eigenvalue weighted by Gasteiger charge is 2.53. The molecule has 2 aliphatic rings. The van der Waals surface area contributed by atoms with Gasteiger partial charge in [-0.1, -0.05) is 50.6 Å². The van der Waals surface area contributed by atoms with Crippen molar-refractivity contribution < 1.29 is 23.4 Å². The summed E-state index contributed by atoms with van der Waals surface area (Å²) in [6, 6.07) is 17.6. The lowest BCUT2D eigenvalue weighted by molar-refractivity contribution is -0.153. The number of hydrogen-bond donors (Lipinski definition) is 0. The Morgan fingerprint density at radius 3 is 2.50 bits per heavy atom. The van der Waals surface area contributed by atoms with Crippen LogP contribution in [0.4, 0.5) is 4.39 Å². The summed E-state index contributed by atoms with van der Waals surface area (Å²) in [5.41, 5.74) is 6.58. The van der Waals surface area contributed by atoms with E-state index in [1.54, 1.807) is 13.2 Å². The van der Waals surface area contributed by atoms with Crippen LogP contribution in [0.5, 0.6) is 5.75 Å². The minimum Gasteiger partial charge on any atom is -0.489 e. The Kier molecular flexibility index (Phi) is 7.80. The van der Waals surface area contributed by atoms with Gasteiger partial charge in [0.15, 0.2) is 0 Å². The molecule has 2 aliphatic carbocycles. The lowest BCUT2D eigenvalue weighted by atomic mass is 9.52. The standard InChI is InChI=1S/C35H41FO4/c1-22-9-14-31(36)27(18-22)26-13-10-23(19-28(26)32(38-5)34(2,3)4)21-40-25-12-11-24-8-7-16-35(30(24)20-25)17-15-29(35)33(37)39-6/h9-14,18-20,29,32H,7-8,15-17,21H2,1-6H3/t29-,32+,35-/m1/s1. The SMILES string of the molecule is COC(=O)[C@H]1CC[C@]12CCCc1ccc(OCc3ccc(-c4cc(C)ccc4F)c([C@H](OC)C(C)(C)C)c3)cc12. The molecule has 0 unspecified atom stereocenters. The van der Waals surface area contributed by atoms with Crippen LogP contribution in [0.15, 0.2) is 54.6 Å². The van der Waals surface area contributed by atoms with Crippen molar-refractivity contribution in [3.63, 3.8) is 0 Å². The Hall–Kier alpha value is -3.18. The minimum absolute atomic E-state index is 0.0766. The predicted octanol–water partition coefficient (Wildman–Crippen LogP) is 8.27. The number of aryl methyl sites for hydroxylation is 2. The fraction of sp³-hybridized carbons (Fsp3) is 0.457. The molecule has 3 aromatic rings. The fourth-order valence-electron chi connectivity index (χ4n) is 6.92. The van der Waals surface area contributed by atoms with Gasteiger partial charge in [0, 0.05) is 18.1 Å². The van der Waals surface area contributed by atoms with Crippen LogP contribution in [0.2, 0.25) is 0 Å². The molecule has 1 spiro atoms. The van der Waals surface area contributed by atoms with E-state index < -0.39 is 0 Å². The van der Waals surface area contributed by atoms with Crippen molar-refractivity contribution in [3.8, 4) is 16.9 Å². The molecular weight excluding hydrogens is 503 g/mol. The number of esters is 1. The zero-order chi connectivity index (χ0) is 28.7. The van der Waals surface area contributed by atoms with Crippen molar-refractivity contribution in [3.05, 3.63) is 88.2 Å². The Bertz CT molecular complexity index is 1400. The highest BCUT2D eigenvalue weighted by Crippen LogP contribution is 2.56. The summed E-state index contributed by atoms with van der Waals surface area (Å²) < 4.78 is 32.5. The van der Waals surface area contributed by atoms with E-state index in [2.05, 4.69) is 39.0 Å². The number of benzene rings is 3. The van der Waals surface area contributed by atoms with Gasteiger partial charge in [-0.05, 0) is 103 Å². The number of hydrogen-bond acceptors (Lipinski definition) is 4. The maximum atomic E-state index is 15.0. The molecule has 0 heterocycles. The molecule has 4 nitrogen and oxygen atoms in total. The number of rotatable bonds is 7. The molecular formula is C35H41FO4. The summed E-state index contributed by atoms with van der Waals surface area (Å²) >= 11 is 0. The second kappa shape index (κ2) is 11.0. The van der Waals surface area contributed by atoms with Crippen molar-refractivity contribution in [2.75, 3.05) is 14.2 Å². The number of carbonyl (C=O) groups is 1. The quantitative estimate of drug-likeness (QED) is 0.281. The first-order chi connectivity index (χ1) is 19.1. The van der Waals surface area contributed by atoms with Gasteiger partial charge < -0.3 is 14.2 Å². The van der Waals surface area contributed by atoms with E-state index >= 15 is 4.39 Å². The molecule has 0 radical (unpaired) electrons.